The number of rotatable bonds is 11. The molecular weight excluding hydrogens is 811 g/mol. The lowest BCUT2D eigenvalue weighted by molar-refractivity contribution is -0.120. The molecule has 0 aromatic heterocycles. The van der Waals surface area contributed by atoms with Gasteiger partial charge in [0.25, 0.3) is 5.91 Å². The molecule has 63 heavy (non-hydrogen) atoms. The molecule has 2 aliphatic heterocycles. The van der Waals surface area contributed by atoms with Gasteiger partial charge in [-0.05, 0) is 83.1 Å². The minimum Gasteiger partial charge on any atom is -0.508 e. The van der Waals surface area contributed by atoms with Gasteiger partial charge in [-0.15, -0.1) is 0 Å². The summed E-state index contributed by atoms with van der Waals surface area (Å²) in [6.07, 6.45) is 0. The van der Waals surface area contributed by atoms with E-state index in [1.165, 1.54) is 60.7 Å². The molecule has 0 saturated heterocycles. The number of hydrogen-bond donors (Lipinski definition) is 6. The van der Waals surface area contributed by atoms with Crippen molar-refractivity contribution in [3.05, 3.63) is 163 Å². The van der Waals surface area contributed by atoms with Gasteiger partial charge in [0.2, 0.25) is 5.91 Å². The first-order chi connectivity index (χ1) is 30.1. The molecular formula is C48H35N3O12. The van der Waals surface area contributed by atoms with Gasteiger partial charge in [0.05, 0.1) is 35.3 Å². The number of nitrogens with one attached hydrogen (secondary N) is 2. The molecule has 15 heteroatoms. The minimum atomic E-state index is -1.42. The van der Waals surface area contributed by atoms with E-state index in [-0.39, 0.29) is 61.6 Å². The van der Waals surface area contributed by atoms with Crippen LogP contribution in [0.2, 0.25) is 0 Å². The number of aromatic carboxylic acids is 3. The fraction of sp³-hybridized carbons (Fsp3) is 0.0833. The van der Waals surface area contributed by atoms with Gasteiger partial charge in [0.15, 0.2) is 5.43 Å². The Morgan fingerprint density at radius 2 is 1.37 bits per heavy atom. The highest BCUT2D eigenvalue weighted by atomic mass is 16.5. The van der Waals surface area contributed by atoms with Gasteiger partial charge >= 0.3 is 17.9 Å². The Kier molecular flexibility index (Phi) is 10.4. The molecule has 6 N–H and O–H groups in total. The molecule has 314 valence electrons. The third-order valence-electron chi connectivity index (χ3n) is 10.6. The van der Waals surface area contributed by atoms with Crippen molar-refractivity contribution in [3.8, 4) is 39.7 Å². The summed E-state index contributed by atoms with van der Waals surface area (Å²) in [5.41, 5.74) is 1.67. The topological polar surface area (TPSA) is 233 Å². The lowest BCUT2D eigenvalue weighted by Gasteiger charge is -2.24. The second-order valence-corrected chi connectivity index (χ2v) is 14.9. The largest absolute Gasteiger partial charge is 0.508 e. The maximum atomic E-state index is 13.4. The van der Waals surface area contributed by atoms with E-state index in [1.807, 2.05) is 37.2 Å². The van der Waals surface area contributed by atoms with Crippen molar-refractivity contribution >= 4 is 58.5 Å². The first kappa shape index (κ1) is 41.0. The summed E-state index contributed by atoms with van der Waals surface area (Å²) in [4.78, 5) is 78.7. The van der Waals surface area contributed by atoms with Gasteiger partial charge in [-0.25, -0.2) is 14.4 Å². The summed E-state index contributed by atoms with van der Waals surface area (Å²) in [5.74, 6) is -4.78. The van der Waals surface area contributed by atoms with Gasteiger partial charge in [0.1, 0.15) is 28.6 Å². The predicted octanol–water partition coefficient (Wildman–Crippen LogP) is 5.24. The lowest BCUT2D eigenvalue weighted by Crippen LogP contribution is -2.37. The number of carbonyl (C=O) groups excluding carboxylic acids is 2. The molecule has 0 saturated carbocycles. The first-order valence-corrected chi connectivity index (χ1v) is 19.2. The number of ether oxygens (including phenoxy) is 1. The zero-order chi connectivity index (χ0) is 44.9. The average Bonchev–Trinajstić information content (AvgIpc) is 3.25. The van der Waals surface area contributed by atoms with Crippen molar-refractivity contribution in [2.75, 3.05) is 25.5 Å². The predicted molar refractivity (Wildman–Crippen MR) is 231 cm³/mol. The number of aromatic hydroxyl groups is 1. The van der Waals surface area contributed by atoms with Crippen LogP contribution in [0.3, 0.4) is 0 Å². The van der Waals surface area contributed by atoms with Crippen molar-refractivity contribution in [2.45, 2.75) is 6.54 Å². The van der Waals surface area contributed by atoms with Crippen LogP contribution in [0.4, 0.5) is 5.69 Å². The fourth-order valence-corrected chi connectivity index (χ4v) is 7.59. The molecule has 2 amide bonds. The molecule has 0 unspecified atom stereocenters. The number of fused-ring (bicyclic) bond motifs is 4. The second kappa shape index (κ2) is 16.0. The monoisotopic (exact) mass is 845 g/mol. The molecule has 5 aromatic rings. The van der Waals surface area contributed by atoms with Crippen LogP contribution in [0.1, 0.15) is 58.1 Å². The molecule has 8 rings (SSSR count). The molecule has 1 aliphatic carbocycles. The number of hydrogen-bond acceptors (Lipinski definition) is 10. The molecule has 0 fully saturated rings. The molecule has 0 atom stereocenters. The van der Waals surface area contributed by atoms with Gasteiger partial charge < -0.3 is 45.1 Å². The zero-order valence-corrected chi connectivity index (χ0v) is 33.4. The maximum Gasteiger partial charge on any atom is 0.336 e. The first-order valence-electron chi connectivity index (χ1n) is 19.2. The molecule has 0 bridgehead atoms. The smallest absolute Gasteiger partial charge is 0.336 e. The number of carbonyl (C=O) groups is 5. The van der Waals surface area contributed by atoms with Crippen LogP contribution in [0.15, 0.2) is 112 Å². The average molecular weight is 846 g/mol. The molecule has 2 heterocycles. The van der Waals surface area contributed by atoms with Crippen molar-refractivity contribution < 1.29 is 53.6 Å². The van der Waals surface area contributed by atoms with Crippen LogP contribution in [0.5, 0.6) is 17.2 Å². The second-order valence-electron chi connectivity index (χ2n) is 14.9. The van der Waals surface area contributed by atoms with E-state index >= 15 is 0 Å². The summed E-state index contributed by atoms with van der Waals surface area (Å²) in [7, 11) is 3.77. The molecule has 0 radical (unpaired) electrons. The molecule has 5 aromatic carbocycles. The quantitative estimate of drug-likeness (QED) is 0.0916. The van der Waals surface area contributed by atoms with Crippen molar-refractivity contribution in [1.29, 1.82) is 0 Å². The van der Waals surface area contributed by atoms with Gasteiger partial charge in [-0.3, -0.25) is 14.4 Å². The number of amides is 2. The van der Waals surface area contributed by atoms with Crippen LogP contribution in [-0.4, -0.2) is 70.8 Å². The van der Waals surface area contributed by atoms with Crippen LogP contribution < -0.4 is 36.1 Å². The van der Waals surface area contributed by atoms with E-state index < -0.39 is 48.2 Å². The van der Waals surface area contributed by atoms with Gasteiger partial charge in [0, 0.05) is 70.3 Å². The molecule has 15 nitrogen and oxygen atoms in total. The van der Waals surface area contributed by atoms with Crippen LogP contribution in [0.25, 0.3) is 45.6 Å². The highest BCUT2D eigenvalue weighted by Crippen LogP contribution is 2.44. The third-order valence-corrected chi connectivity index (χ3v) is 10.6. The van der Waals surface area contributed by atoms with E-state index in [2.05, 4.69) is 17.2 Å². The summed E-state index contributed by atoms with van der Waals surface area (Å²) in [5, 5.41) is 47.1. The third kappa shape index (κ3) is 7.66. The van der Waals surface area contributed by atoms with E-state index in [0.717, 1.165) is 11.8 Å². The van der Waals surface area contributed by atoms with Crippen LogP contribution in [-0.2, 0) is 11.3 Å². The Hall–Kier alpha value is -8.72. The highest BCUT2D eigenvalue weighted by Gasteiger charge is 2.28. The highest BCUT2D eigenvalue weighted by molar-refractivity contribution is 6.09. The number of benzene rings is 6. The number of phenolic OH excluding ortho intramolecular Hbond substituents is 1. The Labute approximate surface area is 356 Å². The SMILES string of the molecule is C=c1ccc2c(c1)Oc1cc(N(C)C)ccc1C=2c1ccc(C(=O)NCC(=O)NCc2c3oc4cc(O)ccc4c(-c4ccc(C(=O)O)cc4C(=O)O)c-3ccc2=O)cc1C(=O)O. The van der Waals surface area contributed by atoms with Gasteiger partial charge in [-0.2, -0.15) is 0 Å². The number of nitrogens with zero attached hydrogens (tertiary/aromatic N) is 1. The van der Waals surface area contributed by atoms with E-state index in [9.17, 15) is 49.2 Å². The summed E-state index contributed by atoms with van der Waals surface area (Å²) in [6.45, 7) is 3.02. The normalized spacial score (nSPS) is 11.6. The van der Waals surface area contributed by atoms with Crippen LogP contribution in [0, 0.1) is 0 Å². The Bertz CT molecular complexity index is 3280. The summed E-state index contributed by atoms with van der Waals surface area (Å²) in [6, 6.07) is 25.4. The van der Waals surface area contributed by atoms with Crippen molar-refractivity contribution in [1.82, 2.24) is 10.6 Å². The Morgan fingerprint density at radius 3 is 2.10 bits per heavy atom. The Morgan fingerprint density at radius 1 is 0.683 bits per heavy atom. The zero-order valence-electron chi connectivity index (χ0n) is 33.4. The lowest BCUT2D eigenvalue weighted by atomic mass is 9.88. The summed E-state index contributed by atoms with van der Waals surface area (Å²) < 4.78 is 12.4. The number of carboxylic acids is 3. The molecule has 3 aliphatic rings. The van der Waals surface area contributed by atoms with Gasteiger partial charge in [-0.1, -0.05) is 30.8 Å². The number of phenols is 1. The summed E-state index contributed by atoms with van der Waals surface area (Å²) >= 11 is 0. The molecule has 0 spiro atoms. The van der Waals surface area contributed by atoms with E-state index in [4.69, 9.17) is 9.15 Å². The number of anilines is 1. The minimum absolute atomic E-state index is 0.0393. The van der Waals surface area contributed by atoms with E-state index in [1.54, 1.807) is 18.2 Å². The van der Waals surface area contributed by atoms with Crippen LogP contribution >= 0.6 is 0 Å². The van der Waals surface area contributed by atoms with Crippen molar-refractivity contribution in [3.63, 3.8) is 0 Å². The standard InChI is InChI=1S/C48H35N3O12/c1-23-4-9-30-38(16-23)62-39-19-26(51(2)3)7-12-31(39)42(30)28-10-5-24(17-34(28)47(58)59)45(55)50-22-41(54)49-21-36-37(53)15-14-33-43(32-13-8-27(52)20-40(32)63-44(33)36)29-11-6-25(46(56)57)18-35(29)48(60)61/h4-20,52H,1,21-22H2,2-3H3,(H,49,54)(H,50,55)(H,56,57)(H,58,59)(H,60,61). The van der Waals surface area contributed by atoms with Crippen molar-refractivity contribution in [2.24, 2.45) is 0 Å². The number of carboxylic acid groups (broad SMARTS) is 3. The fourth-order valence-electron chi connectivity index (χ4n) is 7.59. The van der Waals surface area contributed by atoms with E-state index in [0.29, 0.717) is 44.0 Å². The Balaban J connectivity index is 1.06. The maximum absolute atomic E-state index is 13.4.